The topological polar surface area (TPSA) is 98.8 Å². The first-order valence-electron chi connectivity index (χ1n) is 9.49. The molecule has 0 aliphatic carbocycles. The maximum Gasteiger partial charge on any atom is 0.339 e. The van der Waals surface area contributed by atoms with E-state index in [1.165, 1.54) is 48.5 Å². The second-order valence-electron chi connectivity index (χ2n) is 6.93. The Morgan fingerprint density at radius 1 is 0.969 bits per heavy atom. The van der Waals surface area contributed by atoms with Crippen LogP contribution >= 0.6 is 0 Å². The normalized spacial score (nSPS) is 11.0. The van der Waals surface area contributed by atoms with E-state index in [1.54, 1.807) is 32.0 Å². The van der Waals surface area contributed by atoms with Crippen LogP contribution in [0, 0.1) is 19.7 Å². The van der Waals surface area contributed by atoms with Crippen molar-refractivity contribution in [3.05, 3.63) is 89.2 Å². The number of nitrogens with one attached hydrogen (secondary N) is 1. The number of halogens is 1. The van der Waals surface area contributed by atoms with Crippen molar-refractivity contribution >= 4 is 27.7 Å². The molecule has 0 fully saturated rings. The van der Waals surface area contributed by atoms with E-state index in [-0.39, 0.29) is 21.9 Å². The number of para-hydroxylation sites is 1. The highest BCUT2D eigenvalue weighted by Gasteiger charge is 2.20. The molecule has 166 valence electrons. The predicted molar refractivity (Wildman–Crippen MR) is 115 cm³/mol. The van der Waals surface area contributed by atoms with Crippen LogP contribution < -0.4 is 9.50 Å². The summed E-state index contributed by atoms with van der Waals surface area (Å²) < 4.78 is 48.7. The molecule has 0 spiro atoms. The molecule has 0 saturated carbocycles. The lowest BCUT2D eigenvalue weighted by Gasteiger charge is -2.11. The van der Waals surface area contributed by atoms with Gasteiger partial charge in [0.15, 0.2) is 6.61 Å². The van der Waals surface area contributed by atoms with Crippen LogP contribution in [0.15, 0.2) is 71.6 Å². The zero-order valence-electron chi connectivity index (χ0n) is 17.3. The molecule has 0 aliphatic heterocycles. The van der Waals surface area contributed by atoms with Crippen molar-refractivity contribution in [1.29, 1.82) is 0 Å². The lowest BCUT2D eigenvalue weighted by molar-refractivity contribution is -0.119. The van der Waals surface area contributed by atoms with Crippen LogP contribution in [0.4, 0.5) is 10.1 Å². The monoisotopic (exact) mass is 457 g/mol. The molecule has 0 bridgehead atoms. The van der Waals surface area contributed by atoms with Gasteiger partial charge in [-0.25, -0.2) is 9.18 Å². The number of anilines is 1. The second kappa shape index (κ2) is 9.61. The summed E-state index contributed by atoms with van der Waals surface area (Å²) in [5.41, 5.74) is 1.37. The molecular weight excluding hydrogens is 437 g/mol. The van der Waals surface area contributed by atoms with Crippen LogP contribution in [-0.4, -0.2) is 26.9 Å². The summed E-state index contributed by atoms with van der Waals surface area (Å²) in [4.78, 5) is 24.0. The fraction of sp³-hybridized carbons (Fsp3) is 0.130. The lowest BCUT2D eigenvalue weighted by Crippen LogP contribution is -2.21. The number of rotatable bonds is 7. The molecule has 0 aliphatic rings. The zero-order valence-corrected chi connectivity index (χ0v) is 18.1. The Kier molecular flexibility index (Phi) is 6.89. The van der Waals surface area contributed by atoms with Crippen LogP contribution in [0.3, 0.4) is 0 Å². The van der Waals surface area contributed by atoms with Crippen LogP contribution in [0.2, 0.25) is 0 Å². The first kappa shape index (κ1) is 23.0. The largest absolute Gasteiger partial charge is 0.452 e. The van der Waals surface area contributed by atoms with Gasteiger partial charge in [0.1, 0.15) is 16.5 Å². The standard InChI is InChI=1S/C23H20FNO6S/c1-15-7-8-16(2)21(13-15)32(28,29)31-18-11-9-17(10-12-18)23(27)30-14-22(26)25-20-6-4-3-5-19(20)24/h3-13H,14H2,1-2H3,(H,25,26). The third kappa shape index (κ3) is 5.70. The van der Waals surface area contributed by atoms with Crippen molar-refractivity contribution in [1.82, 2.24) is 0 Å². The van der Waals surface area contributed by atoms with E-state index >= 15 is 0 Å². The van der Waals surface area contributed by atoms with Crippen molar-refractivity contribution in [3.63, 3.8) is 0 Å². The third-order valence-electron chi connectivity index (χ3n) is 4.39. The molecular formula is C23H20FNO6S. The molecule has 3 rings (SSSR count). The van der Waals surface area contributed by atoms with Gasteiger partial charge in [0.25, 0.3) is 5.91 Å². The third-order valence-corrected chi connectivity index (χ3v) is 5.78. The quantitative estimate of drug-likeness (QED) is 0.425. The summed E-state index contributed by atoms with van der Waals surface area (Å²) in [6.45, 7) is 2.82. The predicted octanol–water partition coefficient (Wildman–Crippen LogP) is 4.01. The van der Waals surface area contributed by atoms with Gasteiger partial charge in [-0.1, -0.05) is 24.3 Å². The highest BCUT2D eigenvalue weighted by atomic mass is 32.2. The smallest absolute Gasteiger partial charge is 0.339 e. The molecule has 0 radical (unpaired) electrons. The van der Waals surface area contributed by atoms with Gasteiger partial charge < -0.3 is 14.2 Å². The lowest BCUT2D eigenvalue weighted by atomic mass is 10.2. The number of aryl methyl sites for hydroxylation is 2. The Morgan fingerprint density at radius 2 is 1.66 bits per heavy atom. The van der Waals surface area contributed by atoms with Crippen molar-refractivity contribution < 1.29 is 31.3 Å². The Bertz CT molecular complexity index is 1260. The average Bonchev–Trinajstić information content (AvgIpc) is 2.75. The SMILES string of the molecule is Cc1ccc(C)c(S(=O)(=O)Oc2ccc(C(=O)OCC(=O)Nc3ccccc3F)cc2)c1. The second-order valence-corrected chi connectivity index (χ2v) is 8.45. The fourth-order valence-electron chi connectivity index (χ4n) is 2.76. The molecule has 0 unspecified atom stereocenters. The van der Waals surface area contributed by atoms with E-state index in [0.29, 0.717) is 5.56 Å². The maximum absolute atomic E-state index is 13.5. The molecule has 32 heavy (non-hydrogen) atoms. The van der Waals surface area contributed by atoms with E-state index in [1.807, 2.05) is 0 Å². The Hall–Kier alpha value is -3.72. The van der Waals surface area contributed by atoms with Gasteiger partial charge in [0.2, 0.25) is 0 Å². The van der Waals surface area contributed by atoms with Crippen molar-refractivity contribution in [2.24, 2.45) is 0 Å². The summed E-state index contributed by atoms with van der Waals surface area (Å²) in [5, 5.41) is 2.30. The van der Waals surface area contributed by atoms with Gasteiger partial charge in [0.05, 0.1) is 11.3 Å². The minimum atomic E-state index is -4.05. The summed E-state index contributed by atoms with van der Waals surface area (Å²) in [7, 11) is -4.05. The van der Waals surface area contributed by atoms with Crippen molar-refractivity contribution in [2.75, 3.05) is 11.9 Å². The first-order chi connectivity index (χ1) is 15.2. The molecule has 0 aromatic heterocycles. The maximum atomic E-state index is 13.5. The van der Waals surface area contributed by atoms with E-state index in [2.05, 4.69) is 5.32 Å². The molecule has 0 atom stereocenters. The highest BCUT2D eigenvalue weighted by Crippen LogP contribution is 2.23. The van der Waals surface area contributed by atoms with Gasteiger partial charge in [-0.05, 0) is 67.4 Å². The number of carbonyl (C=O) groups excluding carboxylic acids is 2. The average molecular weight is 457 g/mol. The molecule has 0 saturated heterocycles. The van der Waals surface area contributed by atoms with E-state index in [4.69, 9.17) is 8.92 Å². The minimum absolute atomic E-state index is 0.0137. The summed E-state index contributed by atoms with van der Waals surface area (Å²) in [6.07, 6.45) is 0. The number of hydrogen-bond donors (Lipinski definition) is 1. The van der Waals surface area contributed by atoms with Crippen molar-refractivity contribution in [2.45, 2.75) is 18.7 Å². The molecule has 7 nitrogen and oxygen atoms in total. The van der Waals surface area contributed by atoms with Crippen LogP contribution in [-0.2, 0) is 19.6 Å². The Labute approximate surface area is 184 Å². The number of benzene rings is 3. The highest BCUT2D eigenvalue weighted by molar-refractivity contribution is 7.87. The molecule has 9 heteroatoms. The molecule has 1 amide bonds. The molecule has 3 aromatic rings. The van der Waals surface area contributed by atoms with Crippen molar-refractivity contribution in [3.8, 4) is 5.75 Å². The van der Waals surface area contributed by atoms with E-state index < -0.39 is 34.4 Å². The molecule has 0 heterocycles. The minimum Gasteiger partial charge on any atom is -0.452 e. The number of ether oxygens (including phenoxy) is 1. The van der Waals surface area contributed by atoms with E-state index in [9.17, 15) is 22.4 Å². The first-order valence-corrected chi connectivity index (χ1v) is 10.9. The zero-order chi connectivity index (χ0) is 23.3. The van der Waals surface area contributed by atoms with Crippen LogP contribution in [0.1, 0.15) is 21.5 Å². The number of hydrogen-bond acceptors (Lipinski definition) is 6. The summed E-state index contributed by atoms with van der Waals surface area (Å²) >= 11 is 0. The van der Waals surface area contributed by atoms with Gasteiger partial charge in [0, 0.05) is 0 Å². The van der Waals surface area contributed by atoms with Crippen LogP contribution in [0.5, 0.6) is 5.75 Å². The van der Waals surface area contributed by atoms with Gasteiger partial charge >= 0.3 is 16.1 Å². The summed E-state index contributed by atoms with van der Waals surface area (Å²) in [6, 6.07) is 15.8. The van der Waals surface area contributed by atoms with E-state index in [0.717, 1.165) is 5.56 Å². The number of carbonyl (C=O) groups is 2. The van der Waals surface area contributed by atoms with Crippen LogP contribution in [0.25, 0.3) is 0 Å². The Balaban J connectivity index is 1.60. The molecule has 3 aromatic carbocycles. The van der Waals surface area contributed by atoms with Gasteiger partial charge in [-0.3, -0.25) is 4.79 Å². The summed E-state index contributed by atoms with van der Waals surface area (Å²) in [5.74, 6) is -2.11. The van der Waals surface area contributed by atoms with Gasteiger partial charge in [-0.2, -0.15) is 8.42 Å². The van der Waals surface area contributed by atoms with Gasteiger partial charge in [-0.15, -0.1) is 0 Å². The fourth-order valence-corrected chi connectivity index (χ4v) is 4.00. The molecule has 1 N–H and O–H groups in total. The Morgan fingerprint density at radius 3 is 2.34 bits per heavy atom. The number of esters is 1. The number of amides is 1.